The summed E-state index contributed by atoms with van der Waals surface area (Å²) in [7, 11) is 0. The van der Waals surface area contributed by atoms with Gasteiger partial charge in [-0.2, -0.15) is 5.26 Å². The van der Waals surface area contributed by atoms with Crippen LogP contribution in [0, 0.1) is 11.3 Å². The Bertz CT molecular complexity index is 625. The third-order valence-corrected chi connectivity index (χ3v) is 4.59. The van der Waals surface area contributed by atoms with E-state index in [1.807, 2.05) is 30.3 Å². The second kappa shape index (κ2) is 6.80. The van der Waals surface area contributed by atoms with Crippen LogP contribution < -0.4 is 5.32 Å². The number of rotatable bonds is 4. The third-order valence-electron chi connectivity index (χ3n) is 4.59. The molecule has 120 valence electrons. The van der Waals surface area contributed by atoms with Gasteiger partial charge >= 0.3 is 6.03 Å². The highest BCUT2D eigenvalue weighted by molar-refractivity contribution is 5.96. The molecule has 2 fully saturated rings. The Balaban J connectivity index is 1.71. The van der Waals surface area contributed by atoms with Gasteiger partial charge in [-0.05, 0) is 24.9 Å². The van der Waals surface area contributed by atoms with Crippen LogP contribution in [0.5, 0.6) is 0 Å². The highest BCUT2D eigenvalue weighted by Gasteiger charge is 2.36. The SMILES string of the molecule is N#C[C@H](c1ccccc1)[C@@H]1CCCN1CC(=O)N1CCNC1=O. The number of hydrogen-bond acceptors (Lipinski definition) is 4. The van der Waals surface area contributed by atoms with Crippen molar-refractivity contribution in [2.24, 2.45) is 0 Å². The Morgan fingerprint density at radius 1 is 1.35 bits per heavy atom. The van der Waals surface area contributed by atoms with Crippen LogP contribution in [0.25, 0.3) is 0 Å². The lowest BCUT2D eigenvalue weighted by Crippen LogP contribution is -2.44. The average Bonchev–Trinajstić information content (AvgIpc) is 3.19. The minimum absolute atomic E-state index is 0.0250. The number of nitriles is 1. The Kier molecular flexibility index (Phi) is 4.58. The van der Waals surface area contributed by atoms with Crippen molar-refractivity contribution in [3.8, 4) is 6.07 Å². The van der Waals surface area contributed by atoms with Gasteiger partial charge in [0, 0.05) is 19.1 Å². The van der Waals surface area contributed by atoms with Gasteiger partial charge in [0.05, 0.1) is 18.5 Å². The molecule has 0 saturated carbocycles. The van der Waals surface area contributed by atoms with E-state index >= 15 is 0 Å². The summed E-state index contributed by atoms with van der Waals surface area (Å²) in [5.41, 5.74) is 0.985. The second-order valence-corrected chi connectivity index (χ2v) is 5.97. The number of amides is 3. The van der Waals surface area contributed by atoms with Gasteiger partial charge in [0.15, 0.2) is 0 Å². The minimum Gasteiger partial charge on any atom is -0.336 e. The van der Waals surface area contributed by atoms with Gasteiger partial charge in [0.1, 0.15) is 0 Å². The first-order valence-corrected chi connectivity index (χ1v) is 7.97. The minimum atomic E-state index is -0.314. The van der Waals surface area contributed by atoms with Gasteiger partial charge in [-0.3, -0.25) is 14.6 Å². The molecule has 0 spiro atoms. The number of carbonyl (C=O) groups is 2. The second-order valence-electron chi connectivity index (χ2n) is 5.97. The van der Waals surface area contributed by atoms with Gasteiger partial charge < -0.3 is 5.32 Å². The van der Waals surface area contributed by atoms with Crippen LogP contribution in [0.15, 0.2) is 30.3 Å². The summed E-state index contributed by atoms with van der Waals surface area (Å²) in [6.07, 6.45) is 1.86. The molecular formula is C17H20N4O2. The first-order chi connectivity index (χ1) is 11.2. The molecule has 2 heterocycles. The Morgan fingerprint density at radius 3 is 2.78 bits per heavy atom. The van der Waals surface area contributed by atoms with Gasteiger partial charge in [-0.15, -0.1) is 0 Å². The normalized spacial score (nSPS) is 22.7. The van der Waals surface area contributed by atoms with E-state index in [9.17, 15) is 14.9 Å². The van der Waals surface area contributed by atoms with Crippen LogP contribution in [0.3, 0.4) is 0 Å². The predicted molar refractivity (Wildman–Crippen MR) is 84.5 cm³/mol. The Morgan fingerprint density at radius 2 is 2.13 bits per heavy atom. The van der Waals surface area contributed by atoms with Crippen molar-refractivity contribution >= 4 is 11.9 Å². The summed E-state index contributed by atoms with van der Waals surface area (Å²) >= 11 is 0. The summed E-state index contributed by atoms with van der Waals surface area (Å²) in [5, 5.41) is 12.3. The number of nitrogens with zero attached hydrogens (tertiary/aromatic N) is 3. The molecule has 6 nitrogen and oxygen atoms in total. The molecule has 6 heteroatoms. The molecule has 3 rings (SSSR count). The molecule has 1 aromatic rings. The predicted octanol–water partition coefficient (Wildman–Crippen LogP) is 1.31. The zero-order valence-electron chi connectivity index (χ0n) is 12.9. The number of urea groups is 1. The molecule has 1 aromatic carbocycles. The topological polar surface area (TPSA) is 76.4 Å². The molecule has 3 amide bonds. The monoisotopic (exact) mass is 312 g/mol. The smallest absolute Gasteiger partial charge is 0.324 e. The van der Waals surface area contributed by atoms with E-state index in [4.69, 9.17) is 0 Å². The number of carbonyl (C=O) groups excluding carboxylic acids is 2. The lowest BCUT2D eigenvalue weighted by Gasteiger charge is -2.28. The van der Waals surface area contributed by atoms with Gasteiger partial charge in [0.25, 0.3) is 0 Å². The molecule has 2 saturated heterocycles. The molecule has 23 heavy (non-hydrogen) atoms. The van der Waals surface area contributed by atoms with Crippen LogP contribution in [-0.4, -0.2) is 54.0 Å². The molecule has 0 aliphatic carbocycles. The number of imide groups is 1. The third kappa shape index (κ3) is 3.20. The summed E-state index contributed by atoms with van der Waals surface area (Å²) < 4.78 is 0. The largest absolute Gasteiger partial charge is 0.336 e. The Labute approximate surface area is 135 Å². The van der Waals surface area contributed by atoms with E-state index in [0.717, 1.165) is 24.9 Å². The van der Waals surface area contributed by atoms with Crippen molar-refractivity contribution in [1.29, 1.82) is 5.26 Å². The van der Waals surface area contributed by atoms with Crippen LogP contribution in [0.2, 0.25) is 0 Å². The van der Waals surface area contributed by atoms with Gasteiger partial charge in [-0.25, -0.2) is 4.79 Å². The molecular weight excluding hydrogens is 292 g/mol. The van der Waals surface area contributed by atoms with Crippen molar-refractivity contribution in [2.45, 2.75) is 24.8 Å². The fourth-order valence-corrected chi connectivity index (χ4v) is 3.44. The lowest BCUT2D eigenvalue weighted by atomic mass is 9.91. The Hall–Kier alpha value is -2.39. The van der Waals surface area contributed by atoms with E-state index in [0.29, 0.717) is 13.1 Å². The summed E-state index contributed by atoms with van der Waals surface area (Å²) in [6, 6.07) is 11.8. The summed E-state index contributed by atoms with van der Waals surface area (Å²) in [5.74, 6) is -0.435. The zero-order chi connectivity index (χ0) is 16.2. The molecule has 0 unspecified atom stereocenters. The maximum Gasteiger partial charge on any atom is 0.324 e. The van der Waals surface area contributed by atoms with Crippen molar-refractivity contribution in [2.75, 3.05) is 26.2 Å². The molecule has 1 N–H and O–H groups in total. The number of hydrogen-bond donors (Lipinski definition) is 1. The van der Waals surface area contributed by atoms with E-state index in [2.05, 4.69) is 16.3 Å². The van der Waals surface area contributed by atoms with Crippen molar-refractivity contribution in [3.05, 3.63) is 35.9 Å². The number of benzene rings is 1. The standard InChI is InChI=1S/C17H20N4O2/c18-11-14(13-5-2-1-3-6-13)15-7-4-9-20(15)12-16(22)21-10-8-19-17(21)23/h1-3,5-6,14-15H,4,7-10,12H2,(H,19,23)/t14-,15+/m1/s1. The van der Waals surface area contributed by atoms with Crippen molar-refractivity contribution in [1.82, 2.24) is 15.1 Å². The molecule has 0 radical (unpaired) electrons. The summed E-state index contributed by atoms with van der Waals surface area (Å²) in [4.78, 5) is 27.3. The van der Waals surface area contributed by atoms with Crippen LogP contribution in [0.1, 0.15) is 24.3 Å². The van der Waals surface area contributed by atoms with Crippen LogP contribution >= 0.6 is 0 Å². The molecule has 2 aliphatic rings. The average molecular weight is 312 g/mol. The van der Waals surface area contributed by atoms with Gasteiger partial charge in [0.2, 0.25) is 5.91 Å². The van der Waals surface area contributed by atoms with Crippen LogP contribution in [-0.2, 0) is 4.79 Å². The first-order valence-electron chi connectivity index (χ1n) is 7.97. The van der Waals surface area contributed by atoms with Crippen molar-refractivity contribution in [3.63, 3.8) is 0 Å². The fourth-order valence-electron chi connectivity index (χ4n) is 3.44. The summed E-state index contributed by atoms with van der Waals surface area (Å²) in [6.45, 7) is 1.93. The van der Waals surface area contributed by atoms with E-state index in [1.54, 1.807) is 0 Å². The molecule has 0 aromatic heterocycles. The van der Waals surface area contributed by atoms with E-state index in [-0.39, 0.29) is 30.4 Å². The van der Waals surface area contributed by atoms with Crippen LogP contribution in [0.4, 0.5) is 4.79 Å². The van der Waals surface area contributed by atoms with Gasteiger partial charge in [-0.1, -0.05) is 30.3 Å². The number of nitrogens with one attached hydrogen (secondary N) is 1. The van der Waals surface area contributed by atoms with E-state index < -0.39 is 0 Å². The van der Waals surface area contributed by atoms with E-state index in [1.165, 1.54) is 4.90 Å². The molecule has 2 atom stereocenters. The highest BCUT2D eigenvalue weighted by Crippen LogP contribution is 2.30. The maximum absolute atomic E-state index is 12.3. The quantitative estimate of drug-likeness (QED) is 0.909. The van der Waals surface area contributed by atoms with Crippen molar-refractivity contribution < 1.29 is 9.59 Å². The molecule has 0 bridgehead atoms. The maximum atomic E-state index is 12.3. The highest BCUT2D eigenvalue weighted by atomic mass is 16.2. The first kappa shape index (κ1) is 15.5. The fraction of sp³-hybridized carbons (Fsp3) is 0.471. The lowest BCUT2D eigenvalue weighted by molar-refractivity contribution is -0.129. The molecule has 2 aliphatic heterocycles. The number of likely N-dealkylation sites (tertiary alicyclic amines) is 1. The zero-order valence-corrected chi connectivity index (χ0v) is 12.9.